The summed E-state index contributed by atoms with van der Waals surface area (Å²) >= 11 is 0. The molecule has 3 rings (SSSR count). The number of aromatic carboxylic acids is 2. The van der Waals surface area contributed by atoms with Gasteiger partial charge in [-0.25, -0.2) is 14.4 Å². The Labute approximate surface area is 172 Å². The molecule has 31 heavy (non-hydrogen) atoms. The number of rotatable bonds is 6. The summed E-state index contributed by atoms with van der Waals surface area (Å²) < 4.78 is 0. The van der Waals surface area contributed by atoms with Crippen LogP contribution in [-0.2, 0) is 4.79 Å². The number of hydrogen-bond donors (Lipinski definition) is 6. The second-order valence-electron chi connectivity index (χ2n) is 6.27. The molecule has 0 fully saturated rings. The first-order valence-electron chi connectivity index (χ1n) is 8.61. The third kappa shape index (κ3) is 4.64. The number of azo groups is 1. The van der Waals surface area contributed by atoms with Crippen molar-refractivity contribution in [3.05, 3.63) is 69.5 Å². The maximum absolute atomic E-state index is 12.5. The van der Waals surface area contributed by atoms with Crippen LogP contribution in [0.4, 0.5) is 11.4 Å². The second-order valence-corrected chi connectivity index (χ2v) is 6.27. The SMILES string of the molecule is CC(O)=C(N=Nc1cc(C(=O)O)ccc1C(=O)O)C(=O)Nc1ccc2[nH]c(=O)[nH]c2c1. The minimum Gasteiger partial charge on any atom is -0.510 e. The fraction of sp³-hybridized carbons (Fsp3) is 0.0526. The highest BCUT2D eigenvalue weighted by atomic mass is 16.4. The predicted octanol–water partition coefficient (Wildman–Crippen LogP) is 2.76. The Kier molecular flexibility index (Phi) is 5.63. The van der Waals surface area contributed by atoms with E-state index in [0.29, 0.717) is 11.0 Å². The zero-order valence-electron chi connectivity index (χ0n) is 15.8. The number of imidazole rings is 1. The van der Waals surface area contributed by atoms with Crippen LogP contribution in [-0.4, -0.2) is 43.1 Å². The number of benzene rings is 2. The first kappa shape index (κ1) is 21.0. The van der Waals surface area contributed by atoms with Gasteiger partial charge in [0.1, 0.15) is 11.4 Å². The number of aliphatic hydroxyl groups is 1. The van der Waals surface area contributed by atoms with E-state index in [9.17, 15) is 29.4 Å². The number of aromatic amines is 2. The molecule has 2 aromatic carbocycles. The van der Waals surface area contributed by atoms with Crippen molar-refractivity contribution in [1.29, 1.82) is 0 Å². The van der Waals surface area contributed by atoms with Gasteiger partial charge in [0.2, 0.25) is 0 Å². The number of H-pyrrole nitrogens is 2. The smallest absolute Gasteiger partial charge is 0.337 e. The second kappa shape index (κ2) is 8.32. The van der Waals surface area contributed by atoms with Gasteiger partial charge in [-0.1, -0.05) is 0 Å². The number of aromatic nitrogens is 2. The molecule has 12 nitrogen and oxygen atoms in total. The molecule has 0 saturated heterocycles. The summed E-state index contributed by atoms with van der Waals surface area (Å²) in [6.07, 6.45) is 0. The van der Waals surface area contributed by atoms with Gasteiger partial charge in [0.15, 0.2) is 5.70 Å². The number of carbonyl (C=O) groups excluding carboxylic acids is 1. The van der Waals surface area contributed by atoms with Crippen molar-refractivity contribution in [1.82, 2.24) is 9.97 Å². The van der Waals surface area contributed by atoms with E-state index in [2.05, 4.69) is 25.5 Å². The zero-order chi connectivity index (χ0) is 22.7. The number of hydrogen-bond acceptors (Lipinski definition) is 7. The highest BCUT2D eigenvalue weighted by Crippen LogP contribution is 2.24. The van der Waals surface area contributed by atoms with Crippen LogP contribution < -0.4 is 11.0 Å². The van der Waals surface area contributed by atoms with Gasteiger partial charge in [0.25, 0.3) is 5.91 Å². The minimum atomic E-state index is -1.38. The summed E-state index contributed by atoms with van der Waals surface area (Å²) in [5, 5.41) is 37.9. The van der Waals surface area contributed by atoms with E-state index in [1.54, 1.807) is 6.07 Å². The van der Waals surface area contributed by atoms with Gasteiger partial charge in [-0.05, 0) is 43.3 Å². The molecule has 6 N–H and O–H groups in total. The van der Waals surface area contributed by atoms with E-state index in [0.717, 1.165) is 18.2 Å². The van der Waals surface area contributed by atoms with Crippen LogP contribution in [0.1, 0.15) is 27.6 Å². The molecule has 158 valence electrons. The summed E-state index contributed by atoms with van der Waals surface area (Å²) in [5.41, 5.74) is -0.597. The molecular weight excluding hydrogens is 410 g/mol. The van der Waals surface area contributed by atoms with E-state index in [1.165, 1.54) is 19.1 Å². The van der Waals surface area contributed by atoms with Crippen LogP contribution >= 0.6 is 0 Å². The van der Waals surface area contributed by atoms with Gasteiger partial charge in [-0.2, -0.15) is 0 Å². The van der Waals surface area contributed by atoms with Crippen LogP contribution in [0.25, 0.3) is 11.0 Å². The number of amides is 1. The molecular formula is C19H15N5O7. The van der Waals surface area contributed by atoms with E-state index in [-0.39, 0.29) is 22.5 Å². The van der Waals surface area contributed by atoms with E-state index < -0.39 is 35.0 Å². The molecule has 3 aromatic rings. The number of anilines is 1. The van der Waals surface area contributed by atoms with Gasteiger partial charge < -0.3 is 30.6 Å². The number of nitrogens with zero attached hydrogens (tertiary/aromatic N) is 2. The average Bonchev–Trinajstić information content (AvgIpc) is 3.06. The first-order chi connectivity index (χ1) is 14.7. The Morgan fingerprint density at radius 1 is 0.935 bits per heavy atom. The van der Waals surface area contributed by atoms with Crippen LogP contribution in [0.15, 0.2) is 62.9 Å². The summed E-state index contributed by atoms with van der Waals surface area (Å²) in [7, 11) is 0. The first-order valence-corrected chi connectivity index (χ1v) is 8.61. The number of allylic oxidation sites excluding steroid dienone is 1. The number of aliphatic hydroxyl groups excluding tert-OH is 1. The van der Waals surface area contributed by atoms with Crippen LogP contribution in [0.5, 0.6) is 0 Å². The molecule has 0 spiro atoms. The van der Waals surface area contributed by atoms with Crippen molar-refractivity contribution in [2.75, 3.05) is 5.32 Å². The van der Waals surface area contributed by atoms with Gasteiger partial charge in [0, 0.05) is 5.69 Å². The van der Waals surface area contributed by atoms with Crippen LogP contribution in [0.2, 0.25) is 0 Å². The monoisotopic (exact) mass is 425 g/mol. The molecule has 0 aliphatic heterocycles. The highest BCUT2D eigenvalue weighted by Gasteiger charge is 2.17. The lowest BCUT2D eigenvalue weighted by Gasteiger charge is -2.06. The fourth-order valence-corrected chi connectivity index (χ4v) is 2.61. The lowest BCUT2D eigenvalue weighted by Crippen LogP contribution is -2.14. The van der Waals surface area contributed by atoms with Crippen LogP contribution in [0.3, 0.4) is 0 Å². The number of nitrogens with one attached hydrogen (secondary N) is 3. The van der Waals surface area contributed by atoms with Gasteiger partial charge in [-0.3, -0.25) is 4.79 Å². The topological polar surface area (TPSA) is 197 Å². The minimum absolute atomic E-state index is 0.233. The quantitative estimate of drug-likeness (QED) is 0.198. The molecule has 0 aliphatic rings. The van der Waals surface area contributed by atoms with E-state index in [4.69, 9.17) is 5.11 Å². The molecule has 0 saturated carbocycles. The van der Waals surface area contributed by atoms with Gasteiger partial charge in [0.05, 0.1) is 22.2 Å². The molecule has 0 aliphatic carbocycles. The van der Waals surface area contributed by atoms with Crippen molar-refractivity contribution >= 4 is 40.3 Å². The highest BCUT2D eigenvalue weighted by molar-refractivity contribution is 6.04. The van der Waals surface area contributed by atoms with Crippen molar-refractivity contribution in [2.45, 2.75) is 6.92 Å². The Balaban J connectivity index is 1.91. The summed E-state index contributed by atoms with van der Waals surface area (Å²) in [6.45, 7) is 1.17. The zero-order valence-corrected chi connectivity index (χ0v) is 15.8. The summed E-state index contributed by atoms with van der Waals surface area (Å²) in [4.78, 5) is 51.4. The van der Waals surface area contributed by atoms with Crippen molar-refractivity contribution in [2.24, 2.45) is 10.2 Å². The van der Waals surface area contributed by atoms with Gasteiger partial charge in [-0.15, -0.1) is 10.2 Å². The molecule has 12 heteroatoms. The Bertz CT molecular complexity index is 1330. The lowest BCUT2D eigenvalue weighted by atomic mass is 10.1. The Morgan fingerprint density at radius 3 is 2.29 bits per heavy atom. The maximum Gasteiger partial charge on any atom is 0.337 e. The van der Waals surface area contributed by atoms with Crippen molar-refractivity contribution in [3.8, 4) is 0 Å². The maximum atomic E-state index is 12.5. The predicted molar refractivity (Wildman–Crippen MR) is 108 cm³/mol. The number of carboxylic acid groups (broad SMARTS) is 2. The fourth-order valence-electron chi connectivity index (χ4n) is 2.61. The molecule has 1 amide bonds. The largest absolute Gasteiger partial charge is 0.510 e. The Morgan fingerprint density at radius 2 is 1.65 bits per heavy atom. The molecule has 0 atom stereocenters. The average molecular weight is 425 g/mol. The van der Waals surface area contributed by atoms with Gasteiger partial charge >= 0.3 is 17.6 Å². The van der Waals surface area contributed by atoms with Crippen molar-refractivity contribution < 1.29 is 29.7 Å². The molecule has 1 heterocycles. The number of carboxylic acids is 2. The molecule has 1 aromatic heterocycles. The third-order valence-corrected chi connectivity index (χ3v) is 4.06. The van der Waals surface area contributed by atoms with E-state index >= 15 is 0 Å². The van der Waals surface area contributed by atoms with Crippen molar-refractivity contribution in [3.63, 3.8) is 0 Å². The summed E-state index contributed by atoms with van der Waals surface area (Å²) in [6, 6.07) is 7.65. The molecule has 0 radical (unpaired) electrons. The molecule has 0 unspecified atom stereocenters. The van der Waals surface area contributed by atoms with Crippen LogP contribution in [0, 0.1) is 0 Å². The third-order valence-electron chi connectivity index (χ3n) is 4.06. The lowest BCUT2D eigenvalue weighted by molar-refractivity contribution is -0.113. The normalized spacial score (nSPS) is 12.0. The summed E-state index contributed by atoms with van der Waals surface area (Å²) in [5.74, 6) is -4.07. The van der Waals surface area contributed by atoms with E-state index in [1.807, 2.05) is 0 Å². The number of fused-ring (bicyclic) bond motifs is 1. The Hall–Kier alpha value is -4.74. The standard InChI is InChI=1S/C19H15N5O7/c1-8(25)15(16(26)20-10-3-5-12-14(7-10)22-19(31)21-12)24-23-13-6-9(17(27)28)2-4-11(13)18(29)30/h2-7,25H,1H3,(H,20,26)(H,27,28)(H,29,30)(H2,21,22,31). The molecule has 0 bridgehead atoms. The number of carbonyl (C=O) groups is 3.